The zero-order valence-corrected chi connectivity index (χ0v) is 10.5. The largest absolute Gasteiger partial charge is 0.457 e. The molecular formula is C15H14O4. The van der Waals surface area contributed by atoms with Crippen molar-refractivity contribution in [3.05, 3.63) is 54.1 Å². The first kappa shape index (κ1) is 13.1. The van der Waals surface area contributed by atoms with E-state index in [9.17, 15) is 9.90 Å². The molecule has 0 fully saturated rings. The average Bonchev–Trinajstić information content (AvgIpc) is 2.39. The van der Waals surface area contributed by atoms with Crippen LogP contribution in [0.25, 0.3) is 0 Å². The van der Waals surface area contributed by atoms with Crippen LogP contribution in [-0.2, 0) is 11.4 Å². The van der Waals surface area contributed by atoms with Crippen molar-refractivity contribution in [2.24, 2.45) is 0 Å². The molecule has 0 spiro atoms. The topological polar surface area (TPSA) is 55.8 Å². The molecule has 4 nitrogen and oxygen atoms in total. The molecule has 4 heteroatoms. The van der Waals surface area contributed by atoms with Gasteiger partial charge in [-0.1, -0.05) is 18.2 Å². The number of hydrogen-bond donors (Lipinski definition) is 1. The molecule has 1 N–H and O–H groups in total. The summed E-state index contributed by atoms with van der Waals surface area (Å²) in [6.07, 6.45) is 0. The first-order chi connectivity index (χ1) is 9.19. The van der Waals surface area contributed by atoms with Crippen molar-refractivity contribution >= 4 is 5.97 Å². The molecule has 0 heterocycles. The lowest BCUT2D eigenvalue weighted by Gasteiger charge is -2.10. The maximum Gasteiger partial charge on any atom is 0.308 e. The van der Waals surface area contributed by atoms with Crippen molar-refractivity contribution in [3.63, 3.8) is 0 Å². The quantitative estimate of drug-likeness (QED) is 0.676. The van der Waals surface area contributed by atoms with Gasteiger partial charge in [-0.3, -0.25) is 4.79 Å². The van der Waals surface area contributed by atoms with E-state index in [0.29, 0.717) is 22.8 Å². The van der Waals surface area contributed by atoms with Crippen molar-refractivity contribution in [2.75, 3.05) is 0 Å². The summed E-state index contributed by atoms with van der Waals surface area (Å²) in [4.78, 5) is 11.0. The van der Waals surface area contributed by atoms with E-state index in [1.165, 1.54) is 6.92 Å². The summed E-state index contributed by atoms with van der Waals surface area (Å²) >= 11 is 0. The van der Waals surface area contributed by atoms with Crippen LogP contribution in [0.1, 0.15) is 12.5 Å². The first-order valence-corrected chi connectivity index (χ1v) is 5.84. The van der Waals surface area contributed by atoms with Gasteiger partial charge in [-0.05, 0) is 24.3 Å². The predicted molar refractivity (Wildman–Crippen MR) is 70.2 cm³/mol. The highest BCUT2D eigenvalue weighted by Gasteiger charge is 2.08. The second kappa shape index (κ2) is 6.02. The summed E-state index contributed by atoms with van der Waals surface area (Å²) in [7, 11) is 0. The van der Waals surface area contributed by atoms with Crippen LogP contribution in [0.5, 0.6) is 17.2 Å². The van der Waals surface area contributed by atoms with Gasteiger partial charge in [0.1, 0.15) is 17.2 Å². The molecule has 0 saturated carbocycles. The van der Waals surface area contributed by atoms with E-state index in [1.807, 2.05) is 30.3 Å². The van der Waals surface area contributed by atoms with Crippen LogP contribution in [0.2, 0.25) is 0 Å². The lowest BCUT2D eigenvalue weighted by atomic mass is 10.2. The number of carbonyl (C=O) groups excluding carboxylic acids is 1. The maximum atomic E-state index is 11.0. The van der Waals surface area contributed by atoms with Crippen LogP contribution < -0.4 is 9.47 Å². The fraction of sp³-hybridized carbons (Fsp3) is 0.133. The summed E-state index contributed by atoms with van der Waals surface area (Å²) in [6, 6.07) is 14.2. The Kier molecular flexibility index (Phi) is 4.15. The van der Waals surface area contributed by atoms with Crippen LogP contribution in [0, 0.1) is 0 Å². The van der Waals surface area contributed by atoms with Crippen molar-refractivity contribution in [1.29, 1.82) is 0 Å². The molecule has 2 aromatic rings. The number of rotatable bonds is 4. The summed E-state index contributed by atoms with van der Waals surface area (Å²) in [5.74, 6) is 1.10. The van der Waals surface area contributed by atoms with E-state index in [1.54, 1.807) is 18.2 Å². The van der Waals surface area contributed by atoms with Gasteiger partial charge in [0, 0.05) is 18.6 Å². The second-order valence-electron chi connectivity index (χ2n) is 3.94. The van der Waals surface area contributed by atoms with Crippen LogP contribution >= 0.6 is 0 Å². The molecule has 0 bridgehead atoms. The predicted octanol–water partition coefficient (Wildman–Crippen LogP) is 2.90. The van der Waals surface area contributed by atoms with Gasteiger partial charge in [0.15, 0.2) is 0 Å². The van der Waals surface area contributed by atoms with Gasteiger partial charge in [0.2, 0.25) is 0 Å². The van der Waals surface area contributed by atoms with Gasteiger partial charge in [-0.15, -0.1) is 0 Å². The molecule has 0 saturated heterocycles. The number of aliphatic hydroxyl groups excluding tert-OH is 1. The minimum atomic E-state index is -0.438. The molecule has 0 aliphatic carbocycles. The molecule has 2 rings (SSSR count). The van der Waals surface area contributed by atoms with Crippen molar-refractivity contribution < 1.29 is 19.4 Å². The smallest absolute Gasteiger partial charge is 0.308 e. The second-order valence-corrected chi connectivity index (χ2v) is 3.94. The minimum absolute atomic E-state index is 0.200. The van der Waals surface area contributed by atoms with Crippen LogP contribution in [0.3, 0.4) is 0 Å². The molecule has 0 aromatic heterocycles. The highest BCUT2D eigenvalue weighted by atomic mass is 16.5. The number of ether oxygens (including phenoxy) is 2. The van der Waals surface area contributed by atoms with Gasteiger partial charge in [-0.25, -0.2) is 0 Å². The molecule has 2 aromatic carbocycles. The molecule has 0 aliphatic heterocycles. The Labute approximate surface area is 111 Å². The molecule has 0 atom stereocenters. The Morgan fingerprint density at radius 3 is 2.47 bits per heavy atom. The Balaban J connectivity index is 2.25. The summed E-state index contributed by atoms with van der Waals surface area (Å²) in [5.41, 5.74) is 0.538. The van der Waals surface area contributed by atoms with E-state index < -0.39 is 5.97 Å². The van der Waals surface area contributed by atoms with E-state index in [-0.39, 0.29) is 6.61 Å². The Morgan fingerprint density at radius 2 is 1.84 bits per heavy atom. The Hall–Kier alpha value is -2.33. The van der Waals surface area contributed by atoms with Gasteiger partial charge in [-0.2, -0.15) is 0 Å². The number of para-hydroxylation sites is 1. The van der Waals surface area contributed by atoms with Crippen molar-refractivity contribution in [1.82, 2.24) is 0 Å². The lowest BCUT2D eigenvalue weighted by molar-refractivity contribution is -0.131. The monoisotopic (exact) mass is 258 g/mol. The molecule has 0 unspecified atom stereocenters. The normalized spacial score (nSPS) is 10.0. The average molecular weight is 258 g/mol. The molecular weight excluding hydrogens is 244 g/mol. The third kappa shape index (κ3) is 3.56. The van der Waals surface area contributed by atoms with Crippen LogP contribution in [-0.4, -0.2) is 11.1 Å². The highest BCUT2D eigenvalue weighted by Crippen LogP contribution is 2.28. The first-order valence-electron chi connectivity index (χ1n) is 5.84. The summed E-state index contributed by atoms with van der Waals surface area (Å²) < 4.78 is 10.7. The van der Waals surface area contributed by atoms with Crippen LogP contribution in [0.4, 0.5) is 0 Å². The number of benzene rings is 2. The fourth-order valence-corrected chi connectivity index (χ4v) is 1.60. The number of aliphatic hydroxyl groups is 1. The molecule has 0 aliphatic rings. The highest BCUT2D eigenvalue weighted by molar-refractivity contribution is 5.70. The van der Waals surface area contributed by atoms with Gasteiger partial charge < -0.3 is 14.6 Å². The maximum absolute atomic E-state index is 11.0. The van der Waals surface area contributed by atoms with Crippen LogP contribution in [0.15, 0.2) is 48.5 Å². The number of carbonyl (C=O) groups is 1. The molecule has 19 heavy (non-hydrogen) atoms. The van der Waals surface area contributed by atoms with E-state index >= 15 is 0 Å². The number of esters is 1. The zero-order chi connectivity index (χ0) is 13.7. The molecule has 0 radical (unpaired) electrons. The summed E-state index contributed by atoms with van der Waals surface area (Å²) in [6.45, 7) is 1.11. The Morgan fingerprint density at radius 1 is 1.11 bits per heavy atom. The fourth-order valence-electron chi connectivity index (χ4n) is 1.60. The molecule has 98 valence electrons. The minimum Gasteiger partial charge on any atom is -0.457 e. The van der Waals surface area contributed by atoms with Crippen molar-refractivity contribution in [3.8, 4) is 17.2 Å². The van der Waals surface area contributed by atoms with Gasteiger partial charge >= 0.3 is 5.97 Å². The summed E-state index contributed by atoms with van der Waals surface area (Å²) in [5, 5.41) is 9.18. The van der Waals surface area contributed by atoms with Gasteiger partial charge in [0.25, 0.3) is 0 Å². The van der Waals surface area contributed by atoms with Crippen molar-refractivity contribution in [2.45, 2.75) is 13.5 Å². The zero-order valence-electron chi connectivity index (χ0n) is 10.5. The van der Waals surface area contributed by atoms with Gasteiger partial charge in [0.05, 0.1) is 6.61 Å². The van der Waals surface area contributed by atoms with E-state index in [4.69, 9.17) is 9.47 Å². The molecule has 0 amide bonds. The third-order valence-corrected chi connectivity index (χ3v) is 2.44. The SMILES string of the molecule is CC(=O)Oc1cc(Oc2ccccc2)ccc1CO. The number of hydrogen-bond acceptors (Lipinski definition) is 4. The standard InChI is InChI=1S/C15H14O4/c1-11(17)18-15-9-14(8-7-12(15)10-16)19-13-5-3-2-4-6-13/h2-9,16H,10H2,1H3. The third-order valence-electron chi connectivity index (χ3n) is 2.44. The van der Waals surface area contributed by atoms with E-state index in [0.717, 1.165) is 0 Å². The Bertz CT molecular complexity index is 564. The lowest BCUT2D eigenvalue weighted by Crippen LogP contribution is -2.04. The van der Waals surface area contributed by atoms with E-state index in [2.05, 4.69) is 0 Å².